The van der Waals surface area contributed by atoms with Crippen LogP contribution in [-0.4, -0.2) is 28.1 Å². The lowest BCUT2D eigenvalue weighted by molar-refractivity contribution is 0.502. The summed E-state index contributed by atoms with van der Waals surface area (Å²) in [7, 11) is 0. The summed E-state index contributed by atoms with van der Waals surface area (Å²) < 4.78 is 1.88. The van der Waals surface area contributed by atoms with Crippen molar-refractivity contribution >= 4 is 5.69 Å². The summed E-state index contributed by atoms with van der Waals surface area (Å²) in [6.07, 6.45) is 3.10. The van der Waals surface area contributed by atoms with Crippen molar-refractivity contribution in [2.75, 3.05) is 18.0 Å². The van der Waals surface area contributed by atoms with Crippen LogP contribution in [0, 0.1) is 5.92 Å². The summed E-state index contributed by atoms with van der Waals surface area (Å²) in [4.78, 5) is 2.45. The summed E-state index contributed by atoms with van der Waals surface area (Å²) in [6, 6.07) is 8.69. The summed E-state index contributed by atoms with van der Waals surface area (Å²) in [5.41, 5.74) is 9.22. The fourth-order valence-electron chi connectivity index (χ4n) is 2.88. The second kappa shape index (κ2) is 5.63. The number of rotatable bonds is 4. The molecule has 1 aliphatic heterocycles. The van der Waals surface area contributed by atoms with Crippen molar-refractivity contribution in [3.63, 3.8) is 0 Å². The lowest BCUT2D eigenvalue weighted by Gasteiger charge is -2.34. The van der Waals surface area contributed by atoms with E-state index in [1.807, 2.05) is 10.9 Å². The molecule has 2 aromatic rings. The Bertz CT molecular complexity index is 577. The third-order valence-corrected chi connectivity index (χ3v) is 3.83. The molecule has 0 amide bonds. The van der Waals surface area contributed by atoms with Crippen molar-refractivity contribution in [2.24, 2.45) is 11.7 Å². The van der Waals surface area contributed by atoms with E-state index in [9.17, 15) is 0 Å². The highest BCUT2D eigenvalue weighted by Gasteiger charge is 2.20. The van der Waals surface area contributed by atoms with Gasteiger partial charge in [0.25, 0.3) is 0 Å². The molecule has 0 spiro atoms. The van der Waals surface area contributed by atoms with Crippen molar-refractivity contribution in [3.8, 4) is 0 Å². The van der Waals surface area contributed by atoms with Crippen molar-refractivity contribution < 1.29 is 0 Å². The Morgan fingerprint density at radius 1 is 1.30 bits per heavy atom. The fraction of sp³-hybridized carbons (Fsp3) is 0.467. The van der Waals surface area contributed by atoms with Gasteiger partial charge in [0.15, 0.2) is 0 Å². The predicted octanol–water partition coefficient (Wildman–Crippen LogP) is 1.44. The van der Waals surface area contributed by atoms with Crippen LogP contribution in [0.25, 0.3) is 0 Å². The minimum atomic E-state index is 0.448. The molecular formula is C15H21N5. The molecule has 5 nitrogen and oxygen atoms in total. The maximum absolute atomic E-state index is 5.56. The van der Waals surface area contributed by atoms with E-state index in [4.69, 9.17) is 5.73 Å². The molecule has 1 aromatic carbocycles. The van der Waals surface area contributed by atoms with Crippen LogP contribution >= 0.6 is 0 Å². The quantitative estimate of drug-likeness (QED) is 0.914. The van der Waals surface area contributed by atoms with E-state index in [0.717, 1.165) is 25.3 Å². The lowest BCUT2D eigenvalue weighted by atomic mass is 9.94. The van der Waals surface area contributed by atoms with Gasteiger partial charge >= 0.3 is 0 Å². The Hall–Kier alpha value is -1.88. The number of aromatic nitrogens is 3. The maximum atomic E-state index is 5.56. The first kappa shape index (κ1) is 13.1. The van der Waals surface area contributed by atoms with E-state index in [0.29, 0.717) is 12.5 Å². The zero-order chi connectivity index (χ0) is 13.9. The molecule has 0 fully saturated rings. The first-order valence-corrected chi connectivity index (χ1v) is 7.18. The van der Waals surface area contributed by atoms with Gasteiger partial charge in [-0.1, -0.05) is 30.3 Å². The number of benzene rings is 1. The standard InChI is InChI=1S/C15H21N5/c1-12-8-13-4-2-3-5-15(13)19(10-12)6-7-20-11-14(9-16)17-18-20/h2-5,11-12H,6-10,16H2,1H3. The van der Waals surface area contributed by atoms with Crippen LogP contribution in [0.4, 0.5) is 5.69 Å². The Balaban J connectivity index is 1.71. The number of nitrogens with two attached hydrogens (primary N) is 1. The summed E-state index contributed by atoms with van der Waals surface area (Å²) >= 11 is 0. The molecule has 0 saturated heterocycles. The Labute approximate surface area is 119 Å². The maximum Gasteiger partial charge on any atom is 0.0962 e. The number of hydrogen-bond donors (Lipinski definition) is 1. The van der Waals surface area contributed by atoms with Gasteiger partial charge in [-0.2, -0.15) is 0 Å². The second-order valence-corrected chi connectivity index (χ2v) is 5.56. The normalized spacial score (nSPS) is 18.1. The molecule has 2 N–H and O–H groups in total. The van der Waals surface area contributed by atoms with E-state index < -0.39 is 0 Å². The van der Waals surface area contributed by atoms with Crippen molar-refractivity contribution in [1.29, 1.82) is 0 Å². The van der Waals surface area contributed by atoms with Gasteiger partial charge in [-0.3, -0.25) is 4.68 Å². The SMILES string of the molecule is CC1Cc2ccccc2N(CCn2cc(CN)nn2)C1. The van der Waals surface area contributed by atoms with Crippen LogP contribution in [-0.2, 0) is 19.5 Å². The van der Waals surface area contributed by atoms with Gasteiger partial charge < -0.3 is 10.6 Å². The van der Waals surface area contributed by atoms with Crippen LogP contribution in [0.15, 0.2) is 30.5 Å². The molecule has 0 radical (unpaired) electrons. The molecule has 1 atom stereocenters. The minimum absolute atomic E-state index is 0.448. The third kappa shape index (κ3) is 2.67. The molecule has 2 heterocycles. The number of hydrogen-bond acceptors (Lipinski definition) is 4. The van der Waals surface area contributed by atoms with Gasteiger partial charge in [0.2, 0.25) is 0 Å². The molecular weight excluding hydrogens is 250 g/mol. The van der Waals surface area contributed by atoms with Crippen LogP contribution in [0.2, 0.25) is 0 Å². The van der Waals surface area contributed by atoms with Gasteiger partial charge in [-0.15, -0.1) is 5.10 Å². The van der Waals surface area contributed by atoms with Crippen molar-refractivity contribution in [3.05, 3.63) is 41.7 Å². The highest BCUT2D eigenvalue weighted by atomic mass is 15.4. The molecule has 5 heteroatoms. The van der Waals surface area contributed by atoms with Crippen LogP contribution < -0.4 is 10.6 Å². The zero-order valence-electron chi connectivity index (χ0n) is 11.9. The largest absolute Gasteiger partial charge is 0.369 e. The van der Waals surface area contributed by atoms with Gasteiger partial charge in [0.05, 0.1) is 12.2 Å². The average Bonchev–Trinajstić information content (AvgIpc) is 2.92. The molecule has 0 bridgehead atoms. The van der Waals surface area contributed by atoms with Crippen molar-refractivity contribution in [1.82, 2.24) is 15.0 Å². The summed E-state index contributed by atoms with van der Waals surface area (Å²) in [5, 5.41) is 8.13. The minimum Gasteiger partial charge on any atom is -0.369 e. The second-order valence-electron chi connectivity index (χ2n) is 5.56. The Kier molecular flexibility index (Phi) is 3.69. The monoisotopic (exact) mass is 271 g/mol. The van der Waals surface area contributed by atoms with Crippen LogP contribution in [0.5, 0.6) is 0 Å². The topological polar surface area (TPSA) is 60.0 Å². The third-order valence-electron chi connectivity index (χ3n) is 3.83. The van der Waals surface area contributed by atoms with Gasteiger partial charge in [-0.05, 0) is 24.0 Å². The highest BCUT2D eigenvalue weighted by Crippen LogP contribution is 2.29. The van der Waals surface area contributed by atoms with Gasteiger partial charge in [-0.25, -0.2) is 0 Å². The number of nitrogens with zero attached hydrogens (tertiary/aromatic N) is 4. The van der Waals surface area contributed by atoms with Crippen LogP contribution in [0.3, 0.4) is 0 Å². The number of para-hydroxylation sites is 1. The zero-order valence-corrected chi connectivity index (χ0v) is 11.9. The van der Waals surface area contributed by atoms with E-state index >= 15 is 0 Å². The fourth-order valence-corrected chi connectivity index (χ4v) is 2.88. The molecule has 0 saturated carbocycles. The lowest BCUT2D eigenvalue weighted by Crippen LogP contribution is -2.36. The Morgan fingerprint density at radius 2 is 2.15 bits per heavy atom. The first-order valence-electron chi connectivity index (χ1n) is 7.18. The van der Waals surface area contributed by atoms with Crippen LogP contribution in [0.1, 0.15) is 18.2 Å². The molecule has 0 aliphatic carbocycles. The summed E-state index contributed by atoms with van der Waals surface area (Å²) in [6.45, 7) is 5.66. The van der Waals surface area contributed by atoms with E-state index in [-0.39, 0.29) is 0 Å². The number of anilines is 1. The van der Waals surface area contributed by atoms with Gasteiger partial charge in [0, 0.05) is 31.5 Å². The Morgan fingerprint density at radius 3 is 2.95 bits per heavy atom. The average molecular weight is 271 g/mol. The highest BCUT2D eigenvalue weighted by molar-refractivity contribution is 5.55. The molecule has 3 rings (SSSR count). The molecule has 106 valence electrons. The van der Waals surface area contributed by atoms with E-state index in [2.05, 4.69) is 46.4 Å². The van der Waals surface area contributed by atoms with Crippen molar-refractivity contribution in [2.45, 2.75) is 26.4 Å². The molecule has 1 aliphatic rings. The molecule has 1 unspecified atom stereocenters. The predicted molar refractivity (Wildman–Crippen MR) is 79.4 cm³/mol. The summed E-state index contributed by atoms with van der Waals surface area (Å²) in [5.74, 6) is 0.695. The number of fused-ring (bicyclic) bond motifs is 1. The smallest absolute Gasteiger partial charge is 0.0962 e. The molecule has 20 heavy (non-hydrogen) atoms. The van der Waals surface area contributed by atoms with E-state index in [1.165, 1.54) is 17.7 Å². The van der Waals surface area contributed by atoms with Gasteiger partial charge in [0.1, 0.15) is 0 Å². The first-order chi connectivity index (χ1) is 9.76. The molecule has 1 aromatic heterocycles. The van der Waals surface area contributed by atoms with E-state index in [1.54, 1.807) is 0 Å².